The van der Waals surface area contributed by atoms with Gasteiger partial charge in [-0.2, -0.15) is 5.26 Å². The number of nitrogens with one attached hydrogen (secondary N) is 1. The van der Waals surface area contributed by atoms with Crippen LogP contribution in [0.1, 0.15) is 41.6 Å². The summed E-state index contributed by atoms with van der Waals surface area (Å²) in [6, 6.07) is 15.9. The summed E-state index contributed by atoms with van der Waals surface area (Å²) in [6.07, 6.45) is 2.14. The van der Waals surface area contributed by atoms with E-state index < -0.39 is 0 Å². The zero-order valence-corrected chi connectivity index (χ0v) is 13.5. The van der Waals surface area contributed by atoms with Crippen LogP contribution in [0.3, 0.4) is 0 Å². The first-order valence-corrected chi connectivity index (χ1v) is 8.48. The van der Waals surface area contributed by atoms with Crippen LogP contribution in [0, 0.1) is 11.3 Å². The van der Waals surface area contributed by atoms with Crippen LogP contribution in [0.15, 0.2) is 42.5 Å². The lowest BCUT2D eigenvalue weighted by molar-refractivity contribution is 0.0895. The van der Waals surface area contributed by atoms with Crippen LogP contribution in [0.25, 0.3) is 0 Å². The van der Waals surface area contributed by atoms with Crippen LogP contribution < -0.4 is 14.8 Å². The molecule has 0 spiro atoms. The van der Waals surface area contributed by atoms with Crippen molar-refractivity contribution in [2.45, 2.75) is 24.9 Å². The van der Waals surface area contributed by atoms with Gasteiger partial charge in [0.1, 0.15) is 6.61 Å². The van der Waals surface area contributed by atoms with Crippen LogP contribution >= 0.6 is 0 Å². The van der Waals surface area contributed by atoms with E-state index in [2.05, 4.69) is 23.5 Å². The molecule has 1 atom stereocenters. The molecule has 1 N–H and O–H groups in total. The standard InChI is InChI=1S/C20H20N2O2/c21-12-14-4-6-16(7-5-14)19-13-23-20-17(2-1-3-18(20)24-19)15-8-10-22-11-9-15/h1-7,15,19,22H,8-11,13H2. The summed E-state index contributed by atoms with van der Waals surface area (Å²) in [5.41, 5.74) is 2.96. The fourth-order valence-electron chi connectivity index (χ4n) is 3.52. The number of para-hydroxylation sites is 1. The number of ether oxygens (including phenoxy) is 2. The number of nitriles is 1. The number of benzene rings is 2. The molecule has 2 heterocycles. The van der Waals surface area contributed by atoms with Crippen molar-refractivity contribution in [1.29, 1.82) is 5.26 Å². The second-order valence-electron chi connectivity index (χ2n) is 6.35. The molecule has 122 valence electrons. The minimum atomic E-state index is -0.131. The summed E-state index contributed by atoms with van der Waals surface area (Å²) >= 11 is 0. The van der Waals surface area contributed by atoms with E-state index in [1.807, 2.05) is 30.3 Å². The van der Waals surface area contributed by atoms with Gasteiger partial charge in [-0.25, -0.2) is 0 Å². The summed E-state index contributed by atoms with van der Waals surface area (Å²) in [6.45, 7) is 2.62. The average molecular weight is 320 g/mol. The summed E-state index contributed by atoms with van der Waals surface area (Å²) < 4.78 is 12.3. The number of nitrogens with zero attached hydrogens (tertiary/aromatic N) is 1. The molecule has 24 heavy (non-hydrogen) atoms. The SMILES string of the molecule is N#Cc1ccc(C2COc3c(cccc3C3CCNCC3)O2)cc1. The van der Waals surface area contributed by atoms with Crippen LogP contribution in [0.4, 0.5) is 0 Å². The molecule has 1 unspecified atom stereocenters. The molecular formula is C20H20N2O2. The van der Waals surface area contributed by atoms with Crippen molar-refractivity contribution >= 4 is 0 Å². The first-order valence-electron chi connectivity index (χ1n) is 8.48. The van der Waals surface area contributed by atoms with E-state index in [-0.39, 0.29) is 6.10 Å². The minimum absolute atomic E-state index is 0.131. The molecule has 0 aliphatic carbocycles. The van der Waals surface area contributed by atoms with Crippen molar-refractivity contribution in [1.82, 2.24) is 5.32 Å². The van der Waals surface area contributed by atoms with Crippen LogP contribution in [-0.4, -0.2) is 19.7 Å². The predicted octanol–water partition coefficient (Wildman–Crippen LogP) is 3.54. The lowest BCUT2D eigenvalue weighted by Gasteiger charge is -2.31. The van der Waals surface area contributed by atoms with Gasteiger partial charge < -0.3 is 14.8 Å². The van der Waals surface area contributed by atoms with Gasteiger partial charge >= 0.3 is 0 Å². The molecule has 0 aromatic heterocycles. The van der Waals surface area contributed by atoms with Crippen LogP contribution in [0.2, 0.25) is 0 Å². The molecule has 2 aliphatic heterocycles. The lowest BCUT2D eigenvalue weighted by atomic mass is 9.89. The maximum absolute atomic E-state index is 8.91. The molecule has 2 aromatic carbocycles. The predicted molar refractivity (Wildman–Crippen MR) is 91.3 cm³/mol. The molecule has 0 amide bonds. The summed E-state index contributed by atoms with van der Waals surface area (Å²) in [5.74, 6) is 2.28. The van der Waals surface area contributed by atoms with Crippen molar-refractivity contribution in [3.8, 4) is 17.6 Å². The zero-order valence-electron chi connectivity index (χ0n) is 13.5. The Balaban J connectivity index is 1.58. The first kappa shape index (κ1) is 15.0. The van der Waals surface area contributed by atoms with E-state index in [0.717, 1.165) is 43.0 Å². The van der Waals surface area contributed by atoms with Gasteiger partial charge in [-0.15, -0.1) is 0 Å². The Morgan fingerprint density at radius 3 is 2.58 bits per heavy atom. The fraction of sp³-hybridized carbons (Fsp3) is 0.350. The maximum atomic E-state index is 8.91. The van der Waals surface area contributed by atoms with E-state index in [1.54, 1.807) is 0 Å². The third-order valence-corrected chi connectivity index (χ3v) is 4.85. The van der Waals surface area contributed by atoms with Gasteiger partial charge in [0.25, 0.3) is 0 Å². The van der Waals surface area contributed by atoms with E-state index in [0.29, 0.717) is 18.1 Å². The van der Waals surface area contributed by atoms with E-state index in [1.165, 1.54) is 5.56 Å². The fourth-order valence-corrected chi connectivity index (χ4v) is 3.52. The number of hydrogen-bond acceptors (Lipinski definition) is 4. The Morgan fingerprint density at radius 2 is 1.83 bits per heavy atom. The average Bonchev–Trinajstić information content (AvgIpc) is 2.68. The van der Waals surface area contributed by atoms with Gasteiger partial charge in [-0.1, -0.05) is 24.3 Å². The van der Waals surface area contributed by atoms with E-state index >= 15 is 0 Å². The van der Waals surface area contributed by atoms with Crippen molar-refractivity contribution in [2.75, 3.05) is 19.7 Å². The van der Waals surface area contributed by atoms with E-state index in [9.17, 15) is 0 Å². The van der Waals surface area contributed by atoms with Crippen molar-refractivity contribution in [3.05, 3.63) is 59.2 Å². The molecule has 1 saturated heterocycles. The Labute approximate surface area is 142 Å². The molecular weight excluding hydrogens is 300 g/mol. The molecule has 1 fully saturated rings. The van der Waals surface area contributed by atoms with Gasteiger partial charge in [0.15, 0.2) is 17.6 Å². The largest absolute Gasteiger partial charge is 0.485 e. The molecule has 0 saturated carbocycles. The second kappa shape index (κ2) is 6.54. The summed E-state index contributed by atoms with van der Waals surface area (Å²) in [4.78, 5) is 0. The van der Waals surface area contributed by atoms with Crippen molar-refractivity contribution in [2.24, 2.45) is 0 Å². The normalized spacial score (nSPS) is 20.4. The minimum Gasteiger partial charge on any atom is -0.485 e. The van der Waals surface area contributed by atoms with Crippen molar-refractivity contribution in [3.63, 3.8) is 0 Å². The monoisotopic (exact) mass is 320 g/mol. The Hall–Kier alpha value is -2.51. The second-order valence-corrected chi connectivity index (χ2v) is 6.35. The molecule has 4 heteroatoms. The topological polar surface area (TPSA) is 54.3 Å². The molecule has 4 nitrogen and oxygen atoms in total. The smallest absolute Gasteiger partial charge is 0.164 e. The highest BCUT2D eigenvalue weighted by Crippen LogP contribution is 2.43. The highest BCUT2D eigenvalue weighted by Gasteiger charge is 2.27. The molecule has 4 rings (SSSR count). The first-order chi connectivity index (χ1) is 11.8. The van der Waals surface area contributed by atoms with Gasteiger partial charge in [-0.05, 0) is 55.6 Å². The van der Waals surface area contributed by atoms with E-state index in [4.69, 9.17) is 14.7 Å². The number of hydrogen-bond donors (Lipinski definition) is 1. The third kappa shape index (κ3) is 2.83. The van der Waals surface area contributed by atoms with Gasteiger partial charge in [0, 0.05) is 5.56 Å². The highest BCUT2D eigenvalue weighted by molar-refractivity contribution is 5.50. The van der Waals surface area contributed by atoms with Gasteiger partial charge in [0.05, 0.1) is 11.6 Å². The molecule has 0 radical (unpaired) electrons. The third-order valence-electron chi connectivity index (χ3n) is 4.85. The van der Waals surface area contributed by atoms with Crippen molar-refractivity contribution < 1.29 is 9.47 Å². The summed E-state index contributed by atoms with van der Waals surface area (Å²) in [7, 11) is 0. The van der Waals surface area contributed by atoms with Gasteiger partial charge in [-0.3, -0.25) is 0 Å². The molecule has 2 aromatic rings. The lowest BCUT2D eigenvalue weighted by Crippen LogP contribution is -2.28. The number of fused-ring (bicyclic) bond motifs is 1. The summed E-state index contributed by atoms with van der Waals surface area (Å²) in [5, 5.41) is 12.3. The van der Waals surface area contributed by atoms with Gasteiger partial charge in [0.2, 0.25) is 0 Å². The van der Waals surface area contributed by atoms with Crippen LogP contribution in [0.5, 0.6) is 11.5 Å². The highest BCUT2D eigenvalue weighted by atomic mass is 16.6. The quantitative estimate of drug-likeness (QED) is 0.919. The Kier molecular flexibility index (Phi) is 4.10. The number of rotatable bonds is 2. The maximum Gasteiger partial charge on any atom is 0.164 e. The Bertz CT molecular complexity index is 758. The van der Waals surface area contributed by atoms with Crippen LogP contribution in [-0.2, 0) is 0 Å². The number of piperidine rings is 1. The molecule has 2 aliphatic rings. The zero-order chi connectivity index (χ0) is 16.4. The Morgan fingerprint density at radius 1 is 1.04 bits per heavy atom. The molecule has 0 bridgehead atoms.